The number of piperidine rings is 1. The fourth-order valence-corrected chi connectivity index (χ4v) is 2.07. The average molecular weight is 253 g/mol. The Labute approximate surface area is 106 Å². The summed E-state index contributed by atoms with van der Waals surface area (Å²) in [6.45, 7) is 2.52. The second-order valence-electron chi connectivity index (χ2n) is 4.37. The molecular weight excluding hydrogens is 234 g/mol. The Bertz CT molecular complexity index is 398. The molecule has 0 atom stereocenters. The van der Waals surface area contributed by atoms with Crippen LogP contribution in [0, 0.1) is 0 Å². The normalized spacial score (nSPS) is 17.1. The number of likely N-dealkylation sites (tertiary alicyclic amines) is 1. The van der Waals surface area contributed by atoms with E-state index in [2.05, 4.69) is 10.2 Å². The third-order valence-electron chi connectivity index (χ3n) is 3.02. The van der Waals surface area contributed by atoms with Crippen molar-refractivity contribution < 1.29 is 9.53 Å². The number of carbonyl (C=O) groups excluding carboxylic acids is 1. The van der Waals surface area contributed by atoms with E-state index in [0.717, 1.165) is 12.8 Å². The number of hydrogen-bond donors (Lipinski definition) is 1. The van der Waals surface area contributed by atoms with Gasteiger partial charge in [0.25, 0.3) is 5.91 Å². The van der Waals surface area contributed by atoms with Crippen molar-refractivity contribution in [1.29, 1.82) is 0 Å². The van der Waals surface area contributed by atoms with Gasteiger partial charge in [-0.3, -0.25) is 4.79 Å². The Balaban J connectivity index is 1.84. The van der Waals surface area contributed by atoms with Crippen LogP contribution in [0.3, 0.4) is 0 Å². The average Bonchev–Trinajstić information content (AvgIpc) is 2.83. The first-order chi connectivity index (χ1) is 8.70. The first-order valence-corrected chi connectivity index (χ1v) is 6.18. The highest BCUT2D eigenvalue weighted by molar-refractivity contribution is 5.91. The van der Waals surface area contributed by atoms with Gasteiger partial charge in [0.2, 0.25) is 0 Å². The minimum Gasteiger partial charge on any atom is -0.377 e. The highest BCUT2D eigenvalue weighted by Gasteiger charge is 2.25. The van der Waals surface area contributed by atoms with E-state index in [4.69, 9.17) is 10.5 Å². The van der Waals surface area contributed by atoms with Crippen molar-refractivity contribution in [2.45, 2.75) is 18.9 Å². The Kier molecular flexibility index (Phi) is 4.27. The number of carbonyl (C=O) groups is 1. The van der Waals surface area contributed by atoms with Crippen LogP contribution < -0.4 is 5.73 Å². The molecule has 1 aliphatic rings. The first-order valence-electron chi connectivity index (χ1n) is 6.18. The summed E-state index contributed by atoms with van der Waals surface area (Å²) >= 11 is 0. The fraction of sp³-hybridized carbons (Fsp3) is 0.727. The molecule has 7 heteroatoms. The minimum absolute atomic E-state index is 0.0552. The second-order valence-corrected chi connectivity index (χ2v) is 4.37. The molecule has 0 aliphatic carbocycles. The van der Waals surface area contributed by atoms with Crippen molar-refractivity contribution in [3.8, 4) is 0 Å². The van der Waals surface area contributed by atoms with Gasteiger partial charge in [0.15, 0.2) is 5.69 Å². The molecule has 0 aromatic carbocycles. The largest absolute Gasteiger partial charge is 0.377 e. The van der Waals surface area contributed by atoms with Crippen LogP contribution in [0.25, 0.3) is 0 Å². The van der Waals surface area contributed by atoms with Crippen LogP contribution in [-0.4, -0.2) is 58.1 Å². The number of rotatable bonds is 4. The number of ether oxygens (including phenoxy) is 1. The molecule has 1 aromatic rings. The molecule has 7 nitrogen and oxygen atoms in total. The molecule has 1 saturated heterocycles. The van der Waals surface area contributed by atoms with E-state index < -0.39 is 0 Å². The minimum atomic E-state index is -0.0552. The first kappa shape index (κ1) is 13.0. The summed E-state index contributed by atoms with van der Waals surface area (Å²) in [7, 11) is 1.70. The number of amides is 1. The molecule has 2 heterocycles. The van der Waals surface area contributed by atoms with Gasteiger partial charge in [-0.05, 0) is 12.8 Å². The molecule has 0 saturated carbocycles. The van der Waals surface area contributed by atoms with Crippen LogP contribution in [0.1, 0.15) is 23.3 Å². The number of aryl methyl sites for hydroxylation is 1. The Morgan fingerprint density at radius 1 is 1.56 bits per heavy atom. The van der Waals surface area contributed by atoms with Gasteiger partial charge < -0.3 is 15.4 Å². The molecule has 1 fully saturated rings. The highest BCUT2D eigenvalue weighted by Crippen LogP contribution is 2.15. The lowest BCUT2D eigenvalue weighted by molar-refractivity contribution is 0.0120. The van der Waals surface area contributed by atoms with Crippen LogP contribution in [-0.2, 0) is 11.8 Å². The van der Waals surface area contributed by atoms with Gasteiger partial charge in [-0.15, -0.1) is 5.10 Å². The summed E-state index contributed by atoms with van der Waals surface area (Å²) in [6.07, 6.45) is 3.43. The van der Waals surface area contributed by atoms with Crippen LogP contribution >= 0.6 is 0 Å². The summed E-state index contributed by atoms with van der Waals surface area (Å²) in [4.78, 5) is 15.3. The van der Waals surface area contributed by atoms with Crippen molar-refractivity contribution in [3.63, 3.8) is 0 Å². The summed E-state index contributed by atoms with van der Waals surface area (Å²) in [5, 5.41) is 7.93. The molecule has 0 unspecified atom stereocenters. The molecule has 0 radical (unpaired) electrons. The highest BCUT2D eigenvalue weighted by atomic mass is 16.5. The van der Waals surface area contributed by atoms with Crippen molar-refractivity contribution in [2.75, 3.05) is 26.2 Å². The maximum absolute atomic E-state index is 12.1. The fourth-order valence-electron chi connectivity index (χ4n) is 2.07. The third kappa shape index (κ3) is 3.05. The zero-order valence-electron chi connectivity index (χ0n) is 10.6. The number of nitrogens with zero attached hydrogens (tertiary/aromatic N) is 4. The van der Waals surface area contributed by atoms with Gasteiger partial charge in [-0.2, -0.15) is 9.90 Å². The molecule has 18 heavy (non-hydrogen) atoms. The lowest BCUT2D eigenvalue weighted by Gasteiger charge is -2.31. The third-order valence-corrected chi connectivity index (χ3v) is 3.02. The summed E-state index contributed by atoms with van der Waals surface area (Å²) in [5.74, 6) is -0.0552. The standard InChI is InChI=1S/C11H19N5O2/c1-15-13-8-10(14-15)11(17)16-5-2-9(3-6-16)18-7-4-12/h8-9H,2-7,12H2,1H3. The molecule has 2 rings (SSSR count). The topological polar surface area (TPSA) is 86.3 Å². The summed E-state index contributed by atoms with van der Waals surface area (Å²) in [6, 6.07) is 0. The van der Waals surface area contributed by atoms with E-state index >= 15 is 0 Å². The Morgan fingerprint density at radius 3 is 2.83 bits per heavy atom. The second kappa shape index (κ2) is 5.92. The van der Waals surface area contributed by atoms with Gasteiger partial charge in [-0.25, -0.2) is 0 Å². The molecule has 100 valence electrons. The van der Waals surface area contributed by atoms with E-state index in [-0.39, 0.29) is 12.0 Å². The maximum Gasteiger partial charge on any atom is 0.276 e. The SMILES string of the molecule is Cn1ncc(C(=O)N2CCC(OCCN)CC2)n1. The van der Waals surface area contributed by atoms with Crippen LogP contribution in [0.5, 0.6) is 0 Å². The van der Waals surface area contributed by atoms with E-state index in [1.54, 1.807) is 11.9 Å². The van der Waals surface area contributed by atoms with Gasteiger partial charge in [0.1, 0.15) is 0 Å². The predicted octanol–water partition coefficient (Wildman–Crippen LogP) is -0.605. The number of hydrogen-bond acceptors (Lipinski definition) is 5. The van der Waals surface area contributed by atoms with Gasteiger partial charge >= 0.3 is 0 Å². The van der Waals surface area contributed by atoms with Crippen molar-refractivity contribution in [3.05, 3.63) is 11.9 Å². The van der Waals surface area contributed by atoms with Crippen LogP contribution in [0.15, 0.2) is 6.20 Å². The van der Waals surface area contributed by atoms with E-state index in [1.165, 1.54) is 11.0 Å². The monoisotopic (exact) mass is 253 g/mol. The van der Waals surface area contributed by atoms with Crippen molar-refractivity contribution in [1.82, 2.24) is 19.9 Å². The molecule has 0 spiro atoms. The van der Waals surface area contributed by atoms with E-state index in [0.29, 0.717) is 31.9 Å². The van der Waals surface area contributed by atoms with Gasteiger partial charge in [0.05, 0.1) is 18.9 Å². The maximum atomic E-state index is 12.1. The summed E-state index contributed by atoms with van der Waals surface area (Å²) < 4.78 is 5.57. The Morgan fingerprint density at radius 2 is 2.28 bits per heavy atom. The van der Waals surface area contributed by atoms with E-state index in [1.807, 2.05) is 0 Å². The van der Waals surface area contributed by atoms with Gasteiger partial charge in [-0.1, -0.05) is 0 Å². The lowest BCUT2D eigenvalue weighted by atomic mass is 10.1. The molecular formula is C11H19N5O2. The van der Waals surface area contributed by atoms with Crippen LogP contribution in [0.4, 0.5) is 0 Å². The van der Waals surface area contributed by atoms with Crippen LogP contribution in [0.2, 0.25) is 0 Å². The van der Waals surface area contributed by atoms with Crippen molar-refractivity contribution in [2.24, 2.45) is 12.8 Å². The van der Waals surface area contributed by atoms with E-state index in [9.17, 15) is 4.79 Å². The molecule has 1 amide bonds. The zero-order valence-corrected chi connectivity index (χ0v) is 10.6. The lowest BCUT2D eigenvalue weighted by Crippen LogP contribution is -2.41. The predicted molar refractivity (Wildman–Crippen MR) is 64.9 cm³/mol. The summed E-state index contributed by atoms with van der Waals surface area (Å²) in [5.41, 5.74) is 5.79. The molecule has 1 aliphatic heterocycles. The number of nitrogens with two attached hydrogens (primary N) is 1. The van der Waals surface area contributed by atoms with Gasteiger partial charge in [0, 0.05) is 26.7 Å². The molecule has 0 bridgehead atoms. The quantitative estimate of drug-likeness (QED) is 0.774. The number of aromatic nitrogens is 3. The van der Waals surface area contributed by atoms with Crippen molar-refractivity contribution >= 4 is 5.91 Å². The smallest absolute Gasteiger partial charge is 0.276 e. The Hall–Kier alpha value is -1.47. The molecule has 2 N–H and O–H groups in total. The molecule has 1 aromatic heterocycles. The zero-order chi connectivity index (χ0) is 13.0.